The van der Waals surface area contributed by atoms with Gasteiger partial charge in [0.15, 0.2) is 0 Å². The molecule has 3 nitrogen and oxygen atoms in total. The summed E-state index contributed by atoms with van der Waals surface area (Å²) in [4.78, 5) is 4.45. The van der Waals surface area contributed by atoms with Crippen LogP contribution in [0.25, 0.3) is 0 Å². The first-order valence-electron chi connectivity index (χ1n) is 6.45. The highest BCUT2D eigenvalue weighted by Gasteiger charge is 2.24. The van der Waals surface area contributed by atoms with Crippen LogP contribution in [0, 0.1) is 11.6 Å². The number of nitrogens with one attached hydrogen (secondary N) is 1. The van der Waals surface area contributed by atoms with Gasteiger partial charge in [-0.05, 0) is 18.9 Å². The molecule has 0 amide bonds. The lowest BCUT2D eigenvalue weighted by molar-refractivity contribution is 0.490. The Balaban J connectivity index is 2.05. The van der Waals surface area contributed by atoms with Crippen LogP contribution >= 0.6 is 0 Å². The monoisotopic (exact) mass is 263 g/mol. The van der Waals surface area contributed by atoms with Gasteiger partial charge in [0.05, 0.1) is 11.7 Å². The van der Waals surface area contributed by atoms with E-state index in [0.29, 0.717) is 5.56 Å². The fourth-order valence-corrected chi connectivity index (χ4v) is 2.52. The van der Waals surface area contributed by atoms with Gasteiger partial charge in [-0.1, -0.05) is 13.0 Å². The van der Waals surface area contributed by atoms with Crippen molar-refractivity contribution < 1.29 is 8.78 Å². The smallest absolute Gasteiger partial charge is 0.203 e. The van der Waals surface area contributed by atoms with Gasteiger partial charge < -0.3 is 9.88 Å². The standard InChI is InChI=1S/C14H15F2N3/c1-2-10-8-19-13(5-6-17-14(19)18-10)11-4-3-9(15)7-12(11)16/h3-4,7-8,13H,2,5-6H2,1H3,(H,17,18). The molecule has 1 aliphatic heterocycles. The molecule has 5 heteroatoms. The molecule has 1 aromatic heterocycles. The highest BCUT2D eigenvalue weighted by molar-refractivity contribution is 5.36. The minimum Gasteiger partial charge on any atom is -0.356 e. The van der Waals surface area contributed by atoms with Crippen molar-refractivity contribution in [2.45, 2.75) is 25.8 Å². The van der Waals surface area contributed by atoms with E-state index in [4.69, 9.17) is 0 Å². The number of anilines is 1. The summed E-state index contributed by atoms with van der Waals surface area (Å²) < 4.78 is 28.9. The molecule has 1 N–H and O–H groups in total. The molecular formula is C14H15F2N3. The van der Waals surface area contributed by atoms with E-state index in [1.54, 1.807) is 0 Å². The first kappa shape index (κ1) is 12.1. The maximum absolute atomic E-state index is 13.9. The quantitative estimate of drug-likeness (QED) is 0.902. The fourth-order valence-electron chi connectivity index (χ4n) is 2.52. The molecule has 0 aliphatic carbocycles. The lowest BCUT2D eigenvalue weighted by Gasteiger charge is -2.26. The van der Waals surface area contributed by atoms with Crippen LogP contribution in [0.5, 0.6) is 0 Å². The zero-order valence-corrected chi connectivity index (χ0v) is 10.7. The van der Waals surface area contributed by atoms with Gasteiger partial charge >= 0.3 is 0 Å². The van der Waals surface area contributed by atoms with E-state index in [0.717, 1.165) is 37.1 Å². The van der Waals surface area contributed by atoms with Crippen molar-refractivity contribution in [3.63, 3.8) is 0 Å². The van der Waals surface area contributed by atoms with E-state index in [2.05, 4.69) is 10.3 Å². The van der Waals surface area contributed by atoms with Gasteiger partial charge in [-0.3, -0.25) is 0 Å². The average Bonchev–Trinajstić information content (AvgIpc) is 2.82. The van der Waals surface area contributed by atoms with E-state index < -0.39 is 11.6 Å². The molecule has 0 saturated carbocycles. The molecule has 100 valence electrons. The highest BCUT2D eigenvalue weighted by Crippen LogP contribution is 2.31. The lowest BCUT2D eigenvalue weighted by atomic mass is 10.0. The zero-order chi connectivity index (χ0) is 13.4. The van der Waals surface area contributed by atoms with E-state index >= 15 is 0 Å². The molecule has 1 atom stereocenters. The fraction of sp³-hybridized carbons (Fsp3) is 0.357. The van der Waals surface area contributed by atoms with Crippen molar-refractivity contribution in [1.29, 1.82) is 0 Å². The molecule has 0 saturated heterocycles. The number of benzene rings is 1. The first-order valence-corrected chi connectivity index (χ1v) is 6.45. The molecule has 0 spiro atoms. The maximum atomic E-state index is 13.9. The van der Waals surface area contributed by atoms with Crippen LogP contribution in [0.2, 0.25) is 0 Å². The second-order valence-corrected chi connectivity index (χ2v) is 4.71. The van der Waals surface area contributed by atoms with E-state index in [1.165, 1.54) is 12.1 Å². The normalized spacial score (nSPS) is 17.9. The number of nitrogens with zero attached hydrogens (tertiary/aromatic N) is 2. The van der Waals surface area contributed by atoms with Gasteiger partial charge in [0.1, 0.15) is 11.6 Å². The predicted molar refractivity (Wildman–Crippen MR) is 69.2 cm³/mol. The molecule has 2 aromatic rings. The summed E-state index contributed by atoms with van der Waals surface area (Å²) in [5.41, 5.74) is 1.49. The third kappa shape index (κ3) is 2.09. The number of hydrogen-bond acceptors (Lipinski definition) is 2. The second kappa shape index (κ2) is 4.64. The van der Waals surface area contributed by atoms with Gasteiger partial charge in [-0.15, -0.1) is 0 Å². The zero-order valence-electron chi connectivity index (χ0n) is 10.7. The van der Waals surface area contributed by atoms with Gasteiger partial charge in [0.25, 0.3) is 0 Å². The molecule has 2 heterocycles. The number of halogens is 2. The molecule has 0 fully saturated rings. The molecule has 1 aliphatic rings. The molecule has 19 heavy (non-hydrogen) atoms. The minimum absolute atomic E-state index is 0.121. The topological polar surface area (TPSA) is 29.9 Å². The summed E-state index contributed by atoms with van der Waals surface area (Å²) in [6, 6.07) is 3.65. The van der Waals surface area contributed by atoms with Crippen LogP contribution in [0.3, 0.4) is 0 Å². The minimum atomic E-state index is -0.546. The molecular weight excluding hydrogens is 248 g/mol. The third-order valence-electron chi connectivity index (χ3n) is 3.50. The summed E-state index contributed by atoms with van der Waals surface area (Å²) >= 11 is 0. The number of aryl methyl sites for hydroxylation is 1. The lowest BCUT2D eigenvalue weighted by Crippen LogP contribution is -2.24. The Morgan fingerprint density at radius 1 is 1.42 bits per heavy atom. The number of hydrogen-bond donors (Lipinski definition) is 1. The Kier molecular flexibility index (Phi) is 2.97. The van der Waals surface area contributed by atoms with Crippen molar-refractivity contribution in [3.8, 4) is 0 Å². The Hall–Kier alpha value is -1.91. The van der Waals surface area contributed by atoms with E-state index in [-0.39, 0.29) is 6.04 Å². The molecule has 1 unspecified atom stereocenters. The van der Waals surface area contributed by atoms with Gasteiger partial charge in [-0.25, -0.2) is 13.8 Å². The van der Waals surface area contributed by atoms with Crippen LogP contribution < -0.4 is 5.32 Å². The predicted octanol–water partition coefficient (Wildman–Crippen LogP) is 3.13. The number of imidazole rings is 1. The van der Waals surface area contributed by atoms with Crippen molar-refractivity contribution in [2.75, 3.05) is 11.9 Å². The SMILES string of the molecule is CCc1cn2c(n1)NCCC2c1ccc(F)cc1F. The van der Waals surface area contributed by atoms with E-state index in [1.807, 2.05) is 17.7 Å². The van der Waals surface area contributed by atoms with Gasteiger partial charge in [-0.2, -0.15) is 0 Å². The Morgan fingerprint density at radius 3 is 3.00 bits per heavy atom. The first-order chi connectivity index (χ1) is 9.19. The molecule has 1 aromatic carbocycles. The van der Waals surface area contributed by atoms with Crippen LogP contribution in [-0.4, -0.2) is 16.1 Å². The average molecular weight is 263 g/mol. The largest absolute Gasteiger partial charge is 0.356 e. The van der Waals surface area contributed by atoms with Gasteiger partial charge in [0, 0.05) is 24.4 Å². The van der Waals surface area contributed by atoms with Crippen LogP contribution in [0.15, 0.2) is 24.4 Å². The summed E-state index contributed by atoms with van der Waals surface area (Å²) in [6.07, 6.45) is 3.53. The number of fused-ring (bicyclic) bond motifs is 1. The summed E-state index contributed by atoms with van der Waals surface area (Å²) in [6.45, 7) is 2.77. The summed E-state index contributed by atoms with van der Waals surface area (Å²) in [5.74, 6) is -0.281. The van der Waals surface area contributed by atoms with Gasteiger partial charge in [0.2, 0.25) is 5.95 Å². The highest BCUT2D eigenvalue weighted by atomic mass is 19.1. The van der Waals surface area contributed by atoms with E-state index in [9.17, 15) is 8.78 Å². The van der Waals surface area contributed by atoms with Crippen LogP contribution in [0.4, 0.5) is 14.7 Å². The van der Waals surface area contributed by atoms with Crippen molar-refractivity contribution in [3.05, 3.63) is 47.3 Å². The Morgan fingerprint density at radius 2 is 2.26 bits per heavy atom. The molecule has 0 bridgehead atoms. The van der Waals surface area contributed by atoms with Crippen molar-refractivity contribution >= 4 is 5.95 Å². The number of rotatable bonds is 2. The maximum Gasteiger partial charge on any atom is 0.203 e. The van der Waals surface area contributed by atoms with Crippen LogP contribution in [0.1, 0.15) is 30.6 Å². The third-order valence-corrected chi connectivity index (χ3v) is 3.50. The molecule has 3 rings (SSSR count). The Labute approximate surface area is 110 Å². The summed E-state index contributed by atoms with van der Waals surface area (Å²) in [5, 5.41) is 3.20. The summed E-state index contributed by atoms with van der Waals surface area (Å²) in [7, 11) is 0. The second-order valence-electron chi connectivity index (χ2n) is 4.71. The number of aromatic nitrogens is 2. The molecule has 0 radical (unpaired) electrons. The van der Waals surface area contributed by atoms with Crippen molar-refractivity contribution in [1.82, 2.24) is 9.55 Å². The van der Waals surface area contributed by atoms with Crippen molar-refractivity contribution in [2.24, 2.45) is 0 Å². The van der Waals surface area contributed by atoms with Crippen LogP contribution in [-0.2, 0) is 6.42 Å². The Bertz CT molecular complexity index is 607.